The van der Waals surface area contributed by atoms with E-state index in [0.29, 0.717) is 0 Å². The van der Waals surface area contributed by atoms with Gasteiger partial charge in [-0.05, 0) is 23.4 Å². The van der Waals surface area contributed by atoms with Crippen LogP contribution in [0.5, 0.6) is 0 Å². The third kappa shape index (κ3) is 2.44. The lowest BCUT2D eigenvalue weighted by Gasteiger charge is -2.15. The molecule has 0 atom stereocenters. The van der Waals surface area contributed by atoms with Crippen LogP contribution >= 0.6 is 0 Å². The van der Waals surface area contributed by atoms with E-state index in [4.69, 9.17) is 4.28 Å². The van der Waals surface area contributed by atoms with Crippen LogP contribution in [0.4, 0.5) is 0 Å². The fourth-order valence-electron chi connectivity index (χ4n) is 1.10. The highest BCUT2D eigenvalue weighted by molar-refractivity contribution is 7.86. The molecule has 0 unspecified atom stereocenters. The van der Waals surface area contributed by atoms with Crippen molar-refractivity contribution in [2.75, 3.05) is 6.54 Å². The highest BCUT2D eigenvalue weighted by Gasteiger charge is 2.19. The lowest BCUT2D eigenvalue weighted by molar-refractivity contribution is -0.0492. The van der Waals surface area contributed by atoms with E-state index in [-0.39, 0.29) is 11.4 Å². The maximum Gasteiger partial charge on any atom is 0.319 e. The number of hydroxylamine groups is 1. The summed E-state index contributed by atoms with van der Waals surface area (Å²) in [5.41, 5.74) is 0. The van der Waals surface area contributed by atoms with Gasteiger partial charge in [-0.2, -0.15) is 8.42 Å². The van der Waals surface area contributed by atoms with Gasteiger partial charge >= 0.3 is 10.1 Å². The third-order valence-electron chi connectivity index (χ3n) is 1.80. The maximum atomic E-state index is 11.7. The quantitative estimate of drug-likeness (QED) is 0.801. The van der Waals surface area contributed by atoms with Crippen molar-refractivity contribution in [2.24, 2.45) is 10.3 Å². The molecule has 0 bridgehead atoms. The molecule has 1 aromatic carbocycles. The maximum absolute atomic E-state index is 11.7. The highest BCUT2D eigenvalue weighted by atomic mass is 32.2. The molecule has 0 amide bonds. The Morgan fingerprint density at radius 1 is 1.25 bits per heavy atom. The second-order valence-corrected chi connectivity index (χ2v) is 4.49. The van der Waals surface area contributed by atoms with E-state index in [1.165, 1.54) is 18.3 Å². The van der Waals surface area contributed by atoms with Crippen LogP contribution in [0.25, 0.3) is 0 Å². The summed E-state index contributed by atoms with van der Waals surface area (Å²) < 4.78 is 28.2. The molecule has 84 valence electrons. The summed E-state index contributed by atoms with van der Waals surface area (Å²) in [6.07, 6.45) is 3.10. The van der Waals surface area contributed by atoms with E-state index in [1.54, 1.807) is 24.3 Å². The van der Waals surface area contributed by atoms with E-state index in [1.807, 2.05) is 0 Å². The van der Waals surface area contributed by atoms with Gasteiger partial charge in [0, 0.05) is 6.20 Å². The van der Waals surface area contributed by atoms with Gasteiger partial charge in [-0.1, -0.05) is 18.2 Å². The van der Waals surface area contributed by atoms with Crippen LogP contribution in [0.1, 0.15) is 0 Å². The van der Waals surface area contributed by atoms with Crippen LogP contribution in [-0.4, -0.2) is 20.1 Å². The zero-order chi connectivity index (χ0) is 11.4. The van der Waals surface area contributed by atoms with Crippen molar-refractivity contribution >= 4 is 10.1 Å². The van der Waals surface area contributed by atoms with Gasteiger partial charge < -0.3 is 0 Å². The SMILES string of the molecule is O=S(=O)(ON1CC=CN=N1)c1ccccc1. The van der Waals surface area contributed by atoms with Crippen molar-refractivity contribution in [3.05, 3.63) is 42.6 Å². The van der Waals surface area contributed by atoms with Crippen molar-refractivity contribution in [3.8, 4) is 0 Å². The van der Waals surface area contributed by atoms with Gasteiger partial charge in [0.1, 0.15) is 0 Å². The molecule has 0 fully saturated rings. The van der Waals surface area contributed by atoms with Gasteiger partial charge in [0.05, 0.1) is 11.4 Å². The topological polar surface area (TPSA) is 71.3 Å². The minimum atomic E-state index is -3.82. The average Bonchev–Trinajstić information content (AvgIpc) is 2.31. The van der Waals surface area contributed by atoms with Crippen molar-refractivity contribution in [3.63, 3.8) is 0 Å². The summed E-state index contributed by atoms with van der Waals surface area (Å²) in [7, 11) is -3.82. The van der Waals surface area contributed by atoms with Crippen LogP contribution in [-0.2, 0) is 14.4 Å². The second kappa shape index (κ2) is 4.42. The van der Waals surface area contributed by atoms with Gasteiger partial charge in [-0.15, -0.1) is 14.6 Å². The number of hydrogen-bond donors (Lipinski definition) is 0. The molecule has 0 aliphatic carbocycles. The molecule has 16 heavy (non-hydrogen) atoms. The number of rotatable bonds is 3. The molecule has 0 saturated heterocycles. The molecule has 0 aromatic heterocycles. The molecule has 2 rings (SSSR count). The van der Waals surface area contributed by atoms with Crippen LogP contribution in [0.15, 0.2) is 57.8 Å². The van der Waals surface area contributed by atoms with E-state index in [0.717, 1.165) is 5.17 Å². The van der Waals surface area contributed by atoms with Gasteiger partial charge in [0.15, 0.2) is 0 Å². The van der Waals surface area contributed by atoms with Crippen LogP contribution in [0.2, 0.25) is 0 Å². The molecular weight excluding hydrogens is 230 g/mol. The fraction of sp³-hybridized carbons (Fsp3) is 0.111. The minimum absolute atomic E-state index is 0.0831. The third-order valence-corrected chi connectivity index (χ3v) is 3.02. The fourth-order valence-corrected chi connectivity index (χ4v) is 1.99. The Morgan fingerprint density at radius 2 is 2.00 bits per heavy atom. The Kier molecular flexibility index (Phi) is 2.97. The lowest BCUT2D eigenvalue weighted by Crippen LogP contribution is -2.23. The van der Waals surface area contributed by atoms with Crippen molar-refractivity contribution in [2.45, 2.75) is 4.90 Å². The van der Waals surface area contributed by atoms with E-state index >= 15 is 0 Å². The van der Waals surface area contributed by atoms with E-state index in [2.05, 4.69) is 10.3 Å². The summed E-state index contributed by atoms with van der Waals surface area (Å²) in [4.78, 5) is 0.0831. The standard InChI is InChI=1S/C9H9N3O3S/c13-16(14,9-5-2-1-3-6-9)15-12-8-4-7-10-11-12/h1-7H,8H2. The van der Waals surface area contributed by atoms with Gasteiger partial charge in [0.2, 0.25) is 0 Å². The Bertz CT molecular complexity index is 510. The van der Waals surface area contributed by atoms with Crippen molar-refractivity contribution in [1.82, 2.24) is 5.17 Å². The first-order valence-corrected chi connectivity index (χ1v) is 5.92. The van der Waals surface area contributed by atoms with E-state index in [9.17, 15) is 8.42 Å². The molecule has 0 radical (unpaired) electrons. The molecule has 1 aromatic rings. The first kappa shape index (κ1) is 10.8. The molecule has 1 aliphatic rings. The summed E-state index contributed by atoms with van der Waals surface area (Å²) in [6, 6.07) is 7.86. The molecule has 1 aliphatic heterocycles. The lowest BCUT2D eigenvalue weighted by atomic mass is 10.4. The summed E-state index contributed by atoms with van der Waals surface area (Å²) in [5.74, 6) is 0. The summed E-state index contributed by atoms with van der Waals surface area (Å²) in [6.45, 7) is 0.246. The smallest absolute Gasteiger partial charge is 0.192 e. The van der Waals surface area contributed by atoms with Gasteiger partial charge in [-0.25, -0.2) is 0 Å². The number of nitrogens with zero attached hydrogens (tertiary/aromatic N) is 3. The minimum Gasteiger partial charge on any atom is -0.192 e. The van der Waals surface area contributed by atoms with Gasteiger partial charge in [-0.3, -0.25) is 0 Å². The van der Waals surface area contributed by atoms with Crippen LogP contribution in [0.3, 0.4) is 0 Å². The molecule has 7 heteroatoms. The number of hydrogen-bond acceptors (Lipinski definition) is 6. The first-order valence-electron chi connectivity index (χ1n) is 4.51. The normalized spacial score (nSPS) is 15.4. The van der Waals surface area contributed by atoms with E-state index < -0.39 is 10.1 Å². The largest absolute Gasteiger partial charge is 0.319 e. The zero-order valence-corrected chi connectivity index (χ0v) is 9.04. The average molecular weight is 239 g/mol. The zero-order valence-electron chi connectivity index (χ0n) is 8.22. The van der Waals surface area contributed by atoms with Crippen molar-refractivity contribution in [1.29, 1.82) is 0 Å². The predicted octanol–water partition coefficient (Wildman–Crippen LogP) is 1.50. The summed E-state index contributed by atoms with van der Waals surface area (Å²) in [5, 5.41) is 7.93. The number of benzene rings is 1. The Labute approximate surface area is 92.9 Å². The Balaban J connectivity index is 2.15. The predicted molar refractivity (Wildman–Crippen MR) is 55.4 cm³/mol. The first-order chi connectivity index (χ1) is 7.68. The second-order valence-electron chi connectivity index (χ2n) is 2.97. The van der Waals surface area contributed by atoms with Crippen molar-refractivity contribution < 1.29 is 12.7 Å². The molecule has 0 spiro atoms. The monoisotopic (exact) mass is 239 g/mol. The summed E-state index contributed by atoms with van der Waals surface area (Å²) >= 11 is 0. The van der Waals surface area contributed by atoms with Crippen LogP contribution in [0, 0.1) is 0 Å². The van der Waals surface area contributed by atoms with Gasteiger partial charge in [0.25, 0.3) is 0 Å². The molecule has 6 nitrogen and oxygen atoms in total. The Hall–Kier alpha value is -1.73. The Morgan fingerprint density at radius 3 is 2.62 bits per heavy atom. The molecule has 0 N–H and O–H groups in total. The highest BCUT2D eigenvalue weighted by Crippen LogP contribution is 2.14. The van der Waals surface area contributed by atoms with Crippen LogP contribution < -0.4 is 0 Å². The molecule has 0 saturated carbocycles. The molecule has 1 heterocycles. The molecular formula is C9H9N3O3S.